The van der Waals surface area contributed by atoms with E-state index in [4.69, 9.17) is 0 Å². The number of amides is 2. The lowest BCUT2D eigenvalue weighted by atomic mass is 9.95. The molecule has 0 spiro atoms. The molecule has 0 unspecified atom stereocenters. The molecule has 1 saturated heterocycles. The van der Waals surface area contributed by atoms with Gasteiger partial charge in [0.05, 0.1) is 6.04 Å². The maximum atomic E-state index is 12.6. The lowest BCUT2D eigenvalue weighted by Crippen LogP contribution is -2.45. The SMILES string of the molecule is Cc1ccc(CNC(=O)C(=O)NC[C@@H](c2ccc3c(c2)CCCN3C)N2CCCCC2)cc1. The van der Waals surface area contributed by atoms with Crippen molar-refractivity contribution in [1.82, 2.24) is 15.5 Å². The van der Waals surface area contributed by atoms with Crippen molar-refractivity contribution in [1.29, 1.82) is 0 Å². The van der Waals surface area contributed by atoms with E-state index in [-0.39, 0.29) is 6.04 Å². The summed E-state index contributed by atoms with van der Waals surface area (Å²) < 4.78 is 0. The van der Waals surface area contributed by atoms with Crippen LogP contribution in [0.1, 0.15) is 54.0 Å². The normalized spacial score (nSPS) is 17.2. The van der Waals surface area contributed by atoms with Crippen LogP contribution in [0.5, 0.6) is 0 Å². The number of fused-ring (bicyclic) bond motifs is 1. The van der Waals surface area contributed by atoms with Gasteiger partial charge in [0.1, 0.15) is 0 Å². The molecule has 33 heavy (non-hydrogen) atoms. The summed E-state index contributed by atoms with van der Waals surface area (Å²) in [5.41, 5.74) is 6.06. The van der Waals surface area contributed by atoms with Gasteiger partial charge in [0.25, 0.3) is 0 Å². The van der Waals surface area contributed by atoms with Gasteiger partial charge in [0.15, 0.2) is 0 Å². The minimum absolute atomic E-state index is 0.0803. The summed E-state index contributed by atoms with van der Waals surface area (Å²) in [6.45, 7) is 5.95. The first-order chi connectivity index (χ1) is 16.0. The van der Waals surface area contributed by atoms with E-state index in [0.29, 0.717) is 13.1 Å². The van der Waals surface area contributed by atoms with Crippen molar-refractivity contribution in [2.75, 3.05) is 38.1 Å². The molecule has 0 radical (unpaired) electrons. The molecule has 2 aliphatic rings. The van der Waals surface area contributed by atoms with E-state index in [2.05, 4.69) is 45.7 Å². The van der Waals surface area contributed by atoms with Crippen molar-refractivity contribution in [3.05, 3.63) is 64.7 Å². The highest BCUT2D eigenvalue weighted by molar-refractivity contribution is 6.35. The van der Waals surface area contributed by atoms with E-state index in [1.54, 1.807) is 0 Å². The van der Waals surface area contributed by atoms with Gasteiger partial charge in [-0.05, 0) is 68.5 Å². The third kappa shape index (κ3) is 5.93. The van der Waals surface area contributed by atoms with Gasteiger partial charge in [-0.2, -0.15) is 0 Å². The zero-order chi connectivity index (χ0) is 23.2. The van der Waals surface area contributed by atoms with Gasteiger partial charge in [-0.25, -0.2) is 0 Å². The number of carbonyl (C=O) groups is 2. The molecule has 2 aliphatic heterocycles. The number of likely N-dealkylation sites (tertiary alicyclic amines) is 1. The zero-order valence-electron chi connectivity index (χ0n) is 19.9. The number of nitrogens with zero attached hydrogens (tertiary/aromatic N) is 2. The average molecular weight is 449 g/mol. The Kier molecular flexibility index (Phi) is 7.65. The third-order valence-corrected chi connectivity index (χ3v) is 6.91. The predicted molar refractivity (Wildman–Crippen MR) is 132 cm³/mol. The maximum absolute atomic E-state index is 12.6. The third-order valence-electron chi connectivity index (χ3n) is 6.91. The number of aryl methyl sites for hydroxylation is 2. The van der Waals surface area contributed by atoms with Crippen LogP contribution in [-0.2, 0) is 22.6 Å². The van der Waals surface area contributed by atoms with Gasteiger partial charge < -0.3 is 15.5 Å². The second-order valence-electron chi connectivity index (χ2n) is 9.40. The first-order valence-electron chi connectivity index (χ1n) is 12.2. The van der Waals surface area contributed by atoms with Gasteiger partial charge in [0.2, 0.25) is 0 Å². The number of rotatable bonds is 6. The molecule has 0 bridgehead atoms. The van der Waals surface area contributed by atoms with Gasteiger partial charge in [-0.1, -0.05) is 48.4 Å². The van der Waals surface area contributed by atoms with Crippen molar-refractivity contribution in [2.45, 2.75) is 51.6 Å². The number of hydrogen-bond acceptors (Lipinski definition) is 4. The van der Waals surface area contributed by atoms with E-state index in [9.17, 15) is 9.59 Å². The average Bonchev–Trinajstić information content (AvgIpc) is 2.84. The minimum atomic E-state index is -0.583. The Labute approximate surface area is 197 Å². The molecule has 2 aromatic carbocycles. The minimum Gasteiger partial charge on any atom is -0.374 e. The molecular weight excluding hydrogens is 412 g/mol. The Morgan fingerprint density at radius 2 is 1.64 bits per heavy atom. The van der Waals surface area contributed by atoms with Gasteiger partial charge >= 0.3 is 11.8 Å². The van der Waals surface area contributed by atoms with Crippen LogP contribution in [0.25, 0.3) is 0 Å². The Bertz CT molecular complexity index is 967. The number of nitrogens with one attached hydrogen (secondary N) is 2. The summed E-state index contributed by atoms with van der Waals surface area (Å²) in [6, 6.07) is 14.7. The van der Waals surface area contributed by atoms with Gasteiger partial charge in [-0.3, -0.25) is 14.5 Å². The van der Waals surface area contributed by atoms with Crippen LogP contribution >= 0.6 is 0 Å². The van der Waals surface area contributed by atoms with E-state index >= 15 is 0 Å². The largest absolute Gasteiger partial charge is 0.374 e. The Balaban J connectivity index is 1.40. The highest BCUT2D eigenvalue weighted by Gasteiger charge is 2.25. The fourth-order valence-electron chi connectivity index (χ4n) is 4.94. The van der Waals surface area contributed by atoms with Crippen LogP contribution in [0.2, 0.25) is 0 Å². The summed E-state index contributed by atoms with van der Waals surface area (Å²) in [5.74, 6) is -1.15. The zero-order valence-corrected chi connectivity index (χ0v) is 19.9. The molecule has 2 heterocycles. The molecule has 0 aliphatic carbocycles. The van der Waals surface area contributed by atoms with Crippen LogP contribution in [0.3, 0.4) is 0 Å². The smallest absolute Gasteiger partial charge is 0.309 e. The number of benzene rings is 2. The lowest BCUT2D eigenvalue weighted by Gasteiger charge is -2.36. The molecule has 1 atom stereocenters. The molecular formula is C27H36N4O2. The van der Waals surface area contributed by atoms with Gasteiger partial charge in [-0.15, -0.1) is 0 Å². The summed E-state index contributed by atoms with van der Waals surface area (Å²) in [7, 11) is 2.15. The second kappa shape index (κ2) is 10.8. The van der Waals surface area contributed by atoms with E-state index in [1.807, 2.05) is 31.2 Å². The molecule has 1 fully saturated rings. The predicted octanol–water partition coefficient (Wildman–Crippen LogP) is 3.34. The van der Waals surface area contributed by atoms with Crippen molar-refractivity contribution < 1.29 is 9.59 Å². The van der Waals surface area contributed by atoms with Crippen LogP contribution < -0.4 is 15.5 Å². The molecule has 176 valence electrons. The summed E-state index contributed by atoms with van der Waals surface area (Å²) in [4.78, 5) is 29.7. The van der Waals surface area contributed by atoms with Crippen molar-refractivity contribution in [2.24, 2.45) is 0 Å². The number of hydrogen-bond donors (Lipinski definition) is 2. The number of piperidine rings is 1. The van der Waals surface area contributed by atoms with Crippen molar-refractivity contribution in [3.63, 3.8) is 0 Å². The molecule has 6 heteroatoms. The molecule has 2 amide bonds. The fraction of sp³-hybridized carbons (Fsp3) is 0.481. The van der Waals surface area contributed by atoms with E-state index in [0.717, 1.165) is 31.6 Å². The topological polar surface area (TPSA) is 64.7 Å². The number of carbonyl (C=O) groups excluding carboxylic acids is 2. The highest BCUT2D eigenvalue weighted by Crippen LogP contribution is 2.31. The van der Waals surface area contributed by atoms with E-state index < -0.39 is 11.8 Å². The highest BCUT2D eigenvalue weighted by atomic mass is 16.2. The quantitative estimate of drug-likeness (QED) is 0.666. The maximum Gasteiger partial charge on any atom is 0.309 e. The molecule has 4 rings (SSSR count). The Morgan fingerprint density at radius 3 is 2.39 bits per heavy atom. The Hall–Kier alpha value is -2.86. The fourth-order valence-corrected chi connectivity index (χ4v) is 4.94. The molecule has 2 N–H and O–H groups in total. The van der Waals surface area contributed by atoms with Crippen molar-refractivity contribution >= 4 is 17.5 Å². The van der Waals surface area contributed by atoms with Crippen LogP contribution in [0.4, 0.5) is 5.69 Å². The summed E-state index contributed by atoms with van der Waals surface area (Å²) in [6.07, 6.45) is 5.86. The van der Waals surface area contributed by atoms with E-state index in [1.165, 1.54) is 48.1 Å². The Morgan fingerprint density at radius 1 is 0.909 bits per heavy atom. The van der Waals surface area contributed by atoms with Crippen molar-refractivity contribution in [3.8, 4) is 0 Å². The summed E-state index contributed by atoms with van der Waals surface area (Å²) in [5, 5.41) is 5.65. The molecule has 6 nitrogen and oxygen atoms in total. The van der Waals surface area contributed by atoms with Crippen LogP contribution in [0, 0.1) is 6.92 Å². The molecule has 0 saturated carbocycles. The standard InChI is InChI=1S/C27H36N4O2/c1-20-8-10-21(11-9-20)18-28-26(32)27(33)29-19-25(31-15-4-3-5-16-31)23-12-13-24-22(17-23)7-6-14-30(24)2/h8-13,17,25H,3-7,14-16,18-19H2,1-2H3,(H,28,32)(H,29,33)/t25-/m0/s1. The monoisotopic (exact) mass is 448 g/mol. The summed E-state index contributed by atoms with van der Waals surface area (Å²) >= 11 is 0. The number of anilines is 1. The molecule has 2 aromatic rings. The van der Waals surface area contributed by atoms with Crippen LogP contribution in [0.15, 0.2) is 42.5 Å². The molecule has 0 aromatic heterocycles. The van der Waals surface area contributed by atoms with Gasteiger partial charge in [0, 0.05) is 32.4 Å². The first-order valence-corrected chi connectivity index (χ1v) is 12.2. The van der Waals surface area contributed by atoms with Crippen LogP contribution in [-0.4, -0.2) is 49.9 Å². The first kappa shape index (κ1) is 23.3. The lowest BCUT2D eigenvalue weighted by molar-refractivity contribution is -0.139. The second-order valence-corrected chi connectivity index (χ2v) is 9.40.